The topological polar surface area (TPSA) is 102 Å². The third-order valence-corrected chi connectivity index (χ3v) is 4.67. The third kappa shape index (κ3) is 3.16. The molecule has 2 heterocycles. The second kappa shape index (κ2) is 5.75. The number of benzene rings is 1. The summed E-state index contributed by atoms with van der Waals surface area (Å²) in [5.74, 6) is 0.346. The molecule has 0 spiro atoms. The molecule has 1 aromatic carbocycles. The molecule has 2 aromatic rings. The van der Waals surface area contributed by atoms with Crippen LogP contribution in [0.5, 0.6) is 0 Å². The minimum atomic E-state index is -3.79. The molecule has 0 saturated carbocycles. The monoisotopic (exact) mass is 326 g/mol. The molecule has 1 aromatic heterocycles. The van der Waals surface area contributed by atoms with Crippen molar-refractivity contribution in [1.82, 2.24) is 14.4 Å². The molecular formula is C13H15FN4O3S. The highest BCUT2D eigenvalue weighted by molar-refractivity contribution is 7.86. The van der Waals surface area contributed by atoms with Crippen LogP contribution in [0.3, 0.4) is 0 Å². The van der Waals surface area contributed by atoms with E-state index in [4.69, 9.17) is 9.66 Å². The van der Waals surface area contributed by atoms with Crippen molar-refractivity contribution in [2.75, 3.05) is 6.54 Å². The molecule has 0 amide bonds. The van der Waals surface area contributed by atoms with Crippen LogP contribution in [0.25, 0.3) is 0 Å². The quantitative estimate of drug-likeness (QED) is 0.907. The Morgan fingerprint density at radius 2 is 2.09 bits per heavy atom. The minimum absolute atomic E-state index is 0.239. The zero-order valence-electron chi connectivity index (χ0n) is 11.6. The van der Waals surface area contributed by atoms with E-state index in [0.717, 1.165) is 5.56 Å². The molecule has 0 radical (unpaired) electrons. The van der Waals surface area contributed by atoms with E-state index in [1.807, 2.05) is 0 Å². The lowest BCUT2D eigenvalue weighted by atomic mass is 10.1. The smallest absolute Gasteiger partial charge is 0.277 e. The minimum Gasteiger partial charge on any atom is -0.338 e. The molecule has 0 bridgehead atoms. The Labute approximate surface area is 127 Å². The molecule has 118 valence electrons. The SMILES string of the molecule is NS(=O)(=O)N1CCC[C@@H]1c1nc(Cc2ccc(F)cc2)no1. The summed E-state index contributed by atoms with van der Waals surface area (Å²) in [5.41, 5.74) is 0.837. The van der Waals surface area contributed by atoms with Crippen molar-refractivity contribution in [3.63, 3.8) is 0 Å². The first-order chi connectivity index (χ1) is 10.4. The van der Waals surface area contributed by atoms with Gasteiger partial charge in [-0.05, 0) is 30.5 Å². The first-order valence-corrected chi connectivity index (χ1v) is 8.30. The second-order valence-electron chi connectivity index (χ2n) is 5.17. The maximum Gasteiger partial charge on any atom is 0.277 e. The summed E-state index contributed by atoms with van der Waals surface area (Å²) in [6.45, 7) is 0.346. The Morgan fingerprint density at radius 3 is 2.77 bits per heavy atom. The van der Waals surface area contributed by atoms with Crippen LogP contribution in [0, 0.1) is 5.82 Å². The Bertz CT molecular complexity index is 760. The molecule has 9 heteroatoms. The zero-order chi connectivity index (χ0) is 15.7. The van der Waals surface area contributed by atoms with Crippen LogP contribution < -0.4 is 5.14 Å². The standard InChI is InChI=1S/C13H15FN4O3S/c14-10-5-3-9(4-6-10)8-12-16-13(21-17-12)11-2-1-7-18(11)22(15,19)20/h3-6,11H,1-2,7-8H2,(H2,15,19,20)/t11-/m1/s1. The van der Waals surface area contributed by atoms with E-state index in [1.54, 1.807) is 12.1 Å². The van der Waals surface area contributed by atoms with Gasteiger partial charge in [0.25, 0.3) is 10.2 Å². The highest BCUT2D eigenvalue weighted by Crippen LogP contribution is 2.32. The molecule has 7 nitrogen and oxygen atoms in total. The highest BCUT2D eigenvalue weighted by atomic mass is 32.2. The zero-order valence-corrected chi connectivity index (χ0v) is 12.5. The van der Waals surface area contributed by atoms with Gasteiger partial charge in [0.1, 0.15) is 11.9 Å². The Hall–Kier alpha value is -1.84. The van der Waals surface area contributed by atoms with Gasteiger partial charge in [0.05, 0.1) is 0 Å². The highest BCUT2D eigenvalue weighted by Gasteiger charge is 2.36. The van der Waals surface area contributed by atoms with Crippen LogP contribution in [-0.2, 0) is 16.6 Å². The molecular weight excluding hydrogens is 311 g/mol. The largest absolute Gasteiger partial charge is 0.338 e. The predicted molar refractivity (Wildman–Crippen MR) is 75.3 cm³/mol. The van der Waals surface area contributed by atoms with E-state index in [0.29, 0.717) is 31.6 Å². The summed E-state index contributed by atoms with van der Waals surface area (Å²) in [4.78, 5) is 4.24. The number of nitrogens with two attached hydrogens (primary N) is 1. The van der Waals surface area contributed by atoms with Crippen molar-refractivity contribution in [2.24, 2.45) is 5.14 Å². The first-order valence-electron chi connectivity index (χ1n) is 6.80. The van der Waals surface area contributed by atoms with Crippen LogP contribution in [0.15, 0.2) is 28.8 Å². The maximum absolute atomic E-state index is 12.9. The van der Waals surface area contributed by atoms with Gasteiger partial charge in [0.2, 0.25) is 5.89 Å². The predicted octanol–water partition coefficient (Wildman–Crippen LogP) is 1.14. The normalized spacial score (nSPS) is 19.6. The summed E-state index contributed by atoms with van der Waals surface area (Å²) in [6.07, 6.45) is 1.66. The van der Waals surface area contributed by atoms with Crippen LogP contribution in [0.4, 0.5) is 4.39 Å². The van der Waals surface area contributed by atoms with Crippen LogP contribution in [0.2, 0.25) is 0 Å². The average molecular weight is 326 g/mol. The van der Waals surface area contributed by atoms with Crippen molar-refractivity contribution in [3.8, 4) is 0 Å². The van der Waals surface area contributed by atoms with Crippen molar-refractivity contribution < 1.29 is 17.3 Å². The van der Waals surface area contributed by atoms with E-state index >= 15 is 0 Å². The van der Waals surface area contributed by atoms with Gasteiger partial charge in [0.15, 0.2) is 5.82 Å². The van der Waals surface area contributed by atoms with E-state index < -0.39 is 16.3 Å². The van der Waals surface area contributed by atoms with Gasteiger partial charge < -0.3 is 4.52 Å². The van der Waals surface area contributed by atoms with Gasteiger partial charge in [-0.2, -0.15) is 17.7 Å². The number of nitrogens with zero attached hydrogens (tertiary/aromatic N) is 3. The fourth-order valence-corrected chi connectivity index (χ4v) is 3.48. The van der Waals surface area contributed by atoms with Gasteiger partial charge in [0, 0.05) is 13.0 Å². The van der Waals surface area contributed by atoms with Crippen molar-refractivity contribution in [1.29, 1.82) is 0 Å². The molecule has 1 saturated heterocycles. The summed E-state index contributed by atoms with van der Waals surface area (Å²) in [7, 11) is -3.79. The van der Waals surface area contributed by atoms with Gasteiger partial charge >= 0.3 is 0 Å². The average Bonchev–Trinajstić information content (AvgIpc) is 3.09. The summed E-state index contributed by atoms with van der Waals surface area (Å²) in [5, 5.41) is 9.04. The number of halogens is 1. The molecule has 1 fully saturated rings. The van der Waals surface area contributed by atoms with Crippen molar-refractivity contribution in [3.05, 3.63) is 47.4 Å². The number of rotatable bonds is 4. The van der Waals surface area contributed by atoms with E-state index in [2.05, 4.69) is 10.1 Å². The van der Waals surface area contributed by atoms with E-state index in [-0.39, 0.29) is 11.7 Å². The molecule has 3 rings (SSSR count). The second-order valence-corrected chi connectivity index (χ2v) is 6.66. The molecule has 1 atom stereocenters. The van der Waals surface area contributed by atoms with Gasteiger partial charge in [-0.15, -0.1) is 0 Å². The molecule has 0 unspecified atom stereocenters. The summed E-state index contributed by atoms with van der Waals surface area (Å²) < 4.78 is 42.3. The number of hydrogen-bond donors (Lipinski definition) is 1. The van der Waals surface area contributed by atoms with Crippen molar-refractivity contribution >= 4 is 10.2 Å². The molecule has 0 aliphatic carbocycles. The number of aromatic nitrogens is 2. The fourth-order valence-electron chi connectivity index (χ4n) is 2.55. The Morgan fingerprint density at radius 1 is 1.36 bits per heavy atom. The summed E-state index contributed by atoms with van der Waals surface area (Å²) >= 11 is 0. The molecule has 2 N–H and O–H groups in total. The van der Waals surface area contributed by atoms with Crippen LogP contribution >= 0.6 is 0 Å². The fraction of sp³-hybridized carbons (Fsp3) is 0.385. The van der Waals surface area contributed by atoms with Gasteiger partial charge in [-0.3, -0.25) is 0 Å². The van der Waals surface area contributed by atoms with E-state index in [9.17, 15) is 12.8 Å². The summed E-state index contributed by atoms with van der Waals surface area (Å²) in [6, 6.07) is 5.48. The molecule has 1 aliphatic heterocycles. The lowest BCUT2D eigenvalue weighted by Crippen LogP contribution is -2.36. The van der Waals surface area contributed by atoms with E-state index in [1.165, 1.54) is 16.4 Å². The van der Waals surface area contributed by atoms with Crippen LogP contribution in [-0.4, -0.2) is 29.4 Å². The Balaban J connectivity index is 1.77. The van der Waals surface area contributed by atoms with Gasteiger partial charge in [-0.1, -0.05) is 17.3 Å². The third-order valence-electron chi connectivity index (χ3n) is 3.57. The molecule has 1 aliphatic rings. The lowest BCUT2D eigenvalue weighted by molar-refractivity contribution is 0.289. The first kappa shape index (κ1) is 15.1. The maximum atomic E-state index is 12.9. The van der Waals surface area contributed by atoms with Gasteiger partial charge in [-0.25, -0.2) is 9.53 Å². The lowest BCUT2D eigenvalue weighted by Gasteiger charge is -2.17. The number of hydrogen-bond acceptors (Lipinski definition) is 5. The van der Waals surface area contributed by atoms with Crippen LogP contribution in [0.1, 0.15) is 36.2 Å². The molecule has 22 heavy (non-hydrogen) atoms. The van der Waals surface area contributed by atoms with Crippen molar-refractivity contribution in [2.45, 2.75) is 25.3 Å². The Kier molecular flexibility index (Phi) is 3.94.